The van der Waals surface area contributed by atoms with Gasteiger partial charge in [0.25, 0.3) is 0 Å². The molecule has 0 aliphatic carbocycles. The maximum atomic E-state index is 6.71. The summed E-state index contributed by atoms with van der Waals surface area (Å²) in [6.07, 6.45) is 4.22. The van der Waals surface area contributed by atoms with Crippen LogP contribution in [-0.4, -0.2) is 41.3 Å². The molecule has 0 N–H and O–H groups in total. The molecule has 0 bridgehead atoms. The summed E-state index contributed by atoms with van der Waals surface area (Å²) in [4.78, 5) is 7.35. The molecule has 2 aromatic rings. The molecule has 0 aliphatic heterocycles. The van der Waals surface area contributed by atoms with Crippen molar-refractivity contribution in [2.75, 3.05) is 26.8 Å². The average Bonchev–Trinajstić information content (AvgIpc) is 3.01. The van der Waals surface area contributed by atoms with Crippen molar-refractivity contribution in [1.29, 1.82) is 0 Å². The van der Waals surface area contributed by atoms with E-state index in [0.717, 1.165) is 63.4 Å². The van der Waals surface area contributed by atoms with Crippen molar-refractivity contribution < 1.29 is 4.74 Å². The van der Waals surface area contributed by atoms with Crippen LogP contribution >= 0.6 is 11.6 Å². The number of ether oxygens (including phenoxy) is 1. The molecule has 1 aromatic heterocycles. The first-order valence-corrected chi connectivity index (χ1v) is 11.1. The van der Waals surface area contributed by atoms with Crippen LogP contribution in [0, 0.1) is 0 Å². The van der Waals surface area contributed by atoms with Gasteiger partial charge >= 0.3 is 0 Å². The lowest BCUT2D eigenvalue weighted by Gasteiger charge is -2.23. The number of aryl methyl sites for hydroxylation is 2. The van der Waals surface area contributed by atoms with Gasteiger partial charge in [-0.2, -0.15) is 0 Å². The van der Waals surface area contributed by atoms with Gasteiger partial charge in [0.05, 0.1) is 12.3 Å². The van der Waals surface area contributed by atoms with E-state index < -0.39 is 0 Å². The zero-order valence-corrected chi connectivity index (χ0v) is 19.0. The van der Waals surface area contributed by atoms with E-state index in [1.54, 1.807) is 7.11 Å². The standard InChI is InChI=1S/C23H36ClN3O/c1-6-13-26(14-7-2)17-20-22(24)25-23(27(20)15-16-28-5)21-18(8-3)11-10-12-19(21)9-4/h10-12H,6-9,13-17H2,1-5H3. The minimum Gasteiger partial charge on any atom is -0.383 e. The number of nitrogens with zero attached hydrogens (tertiary/aromatic N) is 3. The number of hydrogen-bond donors (Lipinski definition) is 0. The molecule has 1 aromatic carbocycles. The summed E-state index contributed by atoms with van der Waals surface area (Å²) in [5, 5.41) is 0.622. The molecular formula is C23H36ClN3O. The Morgan fingerprint density at radius 1 is 1.04 bits per heavy atom. The molecule has 0 saturated carbocycles. The van der Waals surface area contributed by atoms with E-state index in [4.69, 9.17) is 21.3 Å². The van der Waals surface area contributed by atoms with Gasteiger partial charge in [0, 0.05) is 25.8 Å². The number of aromatic nitrogens is 2. The lowest BCUT2D eigenvalue weighted by atomic mass is 9.97. The molecule has 156 valence electrons. The molecule has 0 aliphatic rings. The van der Waals surface area contributed by atoms with Crippen molar-refractivity contribution in [3.63, 3.8) is 0 Å². The minimum absolute atomic E-state index is 0.622. The average molecular weight is 406 g/mol. The van der Waals surface area contributed by atoms with Crippen molar-refractivity contribution >= 4 is 11.6 Å². The Bertz CT molecular complexity index is 713. The van der Waals surface area contributed by atoms with Crippen LogP contribution in [0.1, 0.15) is 57.4 Å². The number of hydrogen-bond acceptors (Lipinski definition) is 3. The van der Waals surface area contributed by atoms with E-state index >= 15 is 0 Å². The van der Waals surface area contributed by atoms with Crippen LogP contribution in [-0.2, 0) is 30.7 Å². The van der Waals surface area contributed by atoms with Gasteiger partial charge in [-0.15, -0.1) is 0 Å². The fraction of sp³-hybridized carbons (Fsp3) is 0.609. The Morgan fingerprint density at radius 3 is 2.14 bits per heavy atom. The highest BCUT2D eigenvalue weighted by atomic mass is 35.5. The van der Waals surface area contributed by atoms with E-state index in [1.165, 1.54) is 16.7 Å². The van der Waals surface area contributed by atoms with Crippen LogP contribution in [0.3, 0.4) is 0 Å². The largest absolute Gasteiger partial charge is 0.383 e. The van der Waals surface area contributed by atoms with E-state index in [9.17, 15) is 0 Å². The topological polar surface area (TPSA) is 30.3 Å². The van der Waals surface area contributed by atoms with Crippen molar-refractivity contribution in [2.45, 2.75) is 66.5 Å². The van der Waals surface area contributed by atoms with E-state index in [2.05, 4.69) is 55.4 Å². The third-order valence-corrected chi connectivity index (χ3v) is 5.52. The minimum atomic E-state index is 0.622. The Balaban J connectivity index is 2.57. The normalized spacial score (nSPS) is 11.5. The van der Waals surface area contributed by atoms with Crippen LogP contribution in [0.15, 0.2) is 18.2 Å². The SMILES string of the molecule is CCCN(CCC)Cc1c(Cl)nc(-c2c(CC)cccc2CC)n1CCOC. The molecule has 0 amide bonds. The summed E-state index contributed by atoms with van der Waals surface area (Å²) in [7, 11) is 1.75. The molecule has 0 spiro atoms. The molecule has 0 fully saturated rings. The summed E-state index contributed by atoms with van der Waals surface area (Å²) < 4.78 is 7.70. The maximum Gasteiger partial charge on any atom is 0.152 e. The summed E-state index contributed by atoms with van der Waals surface area (Å²) in [6, 6.07) is 6.56. The molecule has 0 radical (unpaired) electrons. The van der Waals surface area contributed by atoms with Crippen LogP contribution in [0.2, 0.25) is 5.15 Å². The number of halogens is 1. The Hall–Kier alpha value is -1.36. The zero-order chi connectivity index (χ0) is 20.5. The Labute approximate surface area is 175 Å². The van der Waals surface area contributed by atoms with Gasteiger partial charge < -0.3 is 9.30 Å². The second-order valence-electron chi connectivity index (χ2n) is 7.25. The van der Waals surface area contributed by atoms with E-state index in [-0.39, 0.29) is 0 Å². The molecular weight excluding hydrogens is 370 g/mol. The number of benzene rings is 1. The lowest BCUT2D eigenvalue weighted by Crippen LogP contribution is -2.27. The van der Waals surface area contributed by atoms with Crippen molar-refractivity contribution in [1.82, 2.24) is 14.5 Å². The molecule has 0 atom stereocenters. The second-order valence-corrected chi connectivity index (χ2v) is 7.61. The van der Waals surface area contributed by atoms with Gasteiger partial charge in [-0.3, -0.25) is 4.90 Å². The fourth-order valence-electron chi connectivity index (χ4n) is 3.87. The van der Waals surface area contributed by atoms with E-state index in [1.807, 2.05) is 0 Å². The zero-order valence-electron chi connectivity index (χ0n) is 18.2. The molecule has 2 rings (SSSR count). The molecule has 0 unspecified atom stereocenters. The van der Waals surface area contributed by atoms with Crippen LogP contribution in [0.4, 0.5) is 0 Å². The number of rotatable bonds is 12. The highest BCUT2D eigenvalue weighted by Gasteiger charge is 2.22. The summed E-state index contributed by atoms with van der Waals surface area (Å²) >= 11 is 6.71. The van der Waals surface area contributed by atoms with Crippen LogP contribution < -0.4 is 0 Å². The monoisotopic (exact) mass is 405 g/mol. The smallest absolute Gasteiger partial charge is 0.152 e. The van der Waals surface area contributed by atoms with Gasteiger partial charge in [-0.25, -0.2) is 4.98 Å². The first-order valence-electron chi connectivity index (χ1n) is 10.7. The molecule has 4 nitrogen and oxygen atoms in total. The van der Waals surface area contributed by atoms with Crippen molar-refractivity contribution in [3.05, 3.63) is 40.2 Å². The van der Waals surface area contributed by atoms with Crippen molar-refractivity contribution in [3.8, 4) is 11.4 Å². The Kier molecular flexibility index (Phi) is 9.49. The third kappa shape index (κ3) is 5.37. The van der Waals surface area contributed by atoms with Gasteiger partial charge in [0.2, 0.25) is 0 Å². The predicted molar refractivity (Wildman–Crippen MR) is 119 cm³/mol. The van der Waals surface area contributed by atoms with E-state index in [0.29, 0.717) is 11.8 Å². The number of imidazole rings is 1. The van der Waals surface area contributed by atoms with Gasteiger partial charge in [-0.05, 0) is 49.9 Å². The van der Waals surface area contributed by atoms with Crippen molar-refractivity contribution in [2.24, 2.45) is 0 Å². The number of methoxy groups -OCH3 is 1. The first kappa shape index (κ1) is 22.9. The highest BCUT2D eigenvalue weighted by molar-refractivity contribution is 6.30. The third-order valence-electron chi connectivity index (χ3n) is 5.22. The van der Waals surface area contributed by atoms with Gasteiger partial charge in [-0.1, -0.05) is 57.5 Å². The second kappa shape index (κ2) is 11.6. The van der Waals surface area contributed by atoms with Crippen LogP contribution in [0.5, 0.6) is 0 Å². The summed E-state index contributed by atoms with van der Waals surface area (Å²) in [5.74, 6) is 0.985. The molecule has 5 heteroatoms. The molecule has 0 saturated heterocycles. The van der Waals surface area contributed by atoms with Gasteiger partial charge in [0.1, 0.15) is 5.82 Å². The lowest BCUT2D eigenvalue weighted by molar-refractivity contribution is 0.184. The quantitative estimate of drug-likeness (QED) is 0.460. The Morgan fingerprint density at radius 2 is 1.64 bits per heavy atom. The summed E-state index contributed by atoms with van der Waals surface area (Å²) in [5.41, 5.74) is 4.99. The van der Waals surface area contributed by atoms with Crippen LogP contribution in [0.25, 0.3) is 11.4 Å². The molecule has 1 heterocycles. The summed E-state index contributed by atoms with van der Waals surface area (Å²) in [6.45, 7) is 13.2. The highest BCUT2D eigenvalue weighted by Crippen LogP contribution is 2.32. The first-order chi connectivity index (χ1) is 13.6. The maximum absolute atomic E-state index is 6.71. The predicted octanol–water partition coefficient (Wildman–Crippen LogP) is 5.60. The molecule has 28 heavy (non-hydrogen) atoms. The fourth-order valence-corrected chi connectivity index (χ4v) is 4.11. The van der Waals surface area contributed by atoms with Gasteiger partial charge in [0.15, 0.2) is 5.15 Å².